The summed E-state index contributed by atoms with van der Waals surface area (Å²) in [6.45, 7) is 1.87. The zero-order chi connectivity index (χ0) is 22.8. The topological polar surface area (TPSA) is 120 Å². The highest BCUT2D eigenvalue weighted by Gasteiger charge is 2.24. The molecular formula is C24H25N7O2. The molecule has 0 spiro atoms. The van der Waals surface area contributed by atoms with Crippen molar-refractivity contribution in [3.8, 4) is 17.0 Å². The summed E-state index contributed by atoms with van der Waals surface area (Å²) >= 11 is 0. The molecule has 4 aromatic rings. The van der Waals surface area contributed by atoms with E-state index in [4.69, 9.17) is 15.6 Å². The van der Waals surface area contributed by atoms with Crippen LogP contribution < -0.4 is 21.1 Å². The molecule has 0 unspecified atom stereocenters. The van der Waals surface area contributed by atoms with Crippen LogP contribution in [0.3, 0.4) is 0 Å². The zero-order valence-electron chi connectivity index (χ0n) is 18.3. The van der Waals surface area contributed by atoms with Crippen LogP contribution >= 0.6 is 0 Å². The molecule has 168 valence electrons. The predicted molar refractivity (Wildman–Crippen MR) is 127 cm³/mol. The molecular weight excluding hydrogens is 418 g/mol. The van der Waals surface area contributed by atoms with Crippen molar-refractivity contribution in [3.05, 3.63) is 60.4 Å². The van der Waals surface area contributed by atoms with Gasteiger partial charge in [-0.2, -0.15) is 5.10 Å². The molecule has 1 fully saturated rings. The van der Waals surface area contributed by atoms with E-state index in [1.54, 1.807) is 43.8 Å². The molecule has 1 aliphatic rings. The number of aromatic nitrogens is 4. The molecule has 1 saturated heterocycles. The number of benzene rings is 1. The number of hydrogen-bond donors (Lipinski definition) is 3. The number of nitrogen functional groups attached to an aromatic ring is 1. The SMILES string of the molecule is COc1cc(C(=O)Nc2ccccn2)ccc1-c1nn([C@@H]2CCCNC2)c2ccnc(N)c12. The van der Waals surface area contributed by atoms with Crippen molar-refractivity contribution in [2.45, 2.75) is 18.9 Å². The van der Waals surface area contributed by atoms with E-state index < -0.39 is 0 Å². The van der Waals surface area contributed by atoms with Gasteiger partial charge in [-0.15, -0.1) is 0 Å². The Balaban J connectivity index is 1.56. The second-order valence-electron chi connectivity index (χ2n) is 7.97. The quantitative estimate of drug-likeness (QED) is 0.433. The third-order valence-electron chi connectivity index (χ3n) is 5.89. The van der Waals surface area contributed by atoms with Gasteiger partial charge in [-0.25, -0.2) is 9.97 Å². The van der Waals surface area contributed by atoms with Crippen molar-refractivity contribution in [1.82, 2.24) is 25.1 Å². The maximum absolute atomic E-state index is 12.7. The van der Waals surface area contributed by atoms with Crippen LogP contribution in [0.25, 0.3) is 22.2 Å². The number of amides is 1. The van der Waals surface area contributed by atoms with Crippen molar-refractivity contribution in [1.29, 1.82) is 0 Å². The number of pyridine rings is 2. The highest BCUT2D eigenvalue weighted by molar-refractivity contribution is 6.06. The molecule has 1 atom stereocenters. The molecule has 9 nitrogen and oxygen atoms in total. The first-order valence-corrected chi connectivity index (χ1v) is 10.9. The fraction of sp³-hybridized carbons (Fsp3) is 0.250. The van der Waals surface area contributed by atoms with Gasteiger partial charge in [0.1, 0.15) is 23.1 Å². The average molecular weight is 444 g/mol. The number of anilines is 2. The number of nitrogens with two attached hydrogens (primary N) is 1. The Labute approximate surface area is 191 Å². The molecule has 3 aromatic heterocycles. The van der Waals surface area contributed by atoms with Gasteiger partial charge in [-0.1, -0.05) is 6.07 Å². The minimum absolute atomic E-state index is 0.228. The summed E-state index contributed by atoms with van der Waals surface area (Å²) in [6.07, 6.45) is 5.46. The molecule has 4 heterocycles. The van der Waals surface area contributed by atoms with Crippen LogP contribution in [0, 0.1) is 0 Å². The first-order chi connectivity index (χ1) is 16.2. The van der Waals surface area contributed by atoms with Gasteiger partial charge < -0.3 is 21.1 Å². The lowest BCUT2D eigenvalue weighted by molar-refractivity contribution is 0.102. The molecule has 9 heteroatoms. The minimum Gasteiger partial charge on any atom is -0.496 e. The summed E-state index contributed by atoms with van der Waals surface area (Å²) in [4.78, 5) is 21.2. The number of ether oxygens (including phenoxy) is 1. The molecule has 4 N–H and O–H groups in total. The number of carbonyl (C=O) groups is 1. The van der Waals surface area contributed by atoms with E-state index in [9.17, 15) is 4.79 Å². The van der Waals surface area contributed by atoms with Crippen LogP contribution in [-0.4, -0.2) is 45.9 Å². The van der Waals surface area contributed by atoms with Gasteiger partial charge in [0.05, 0.1) is 24.1 Å². The number of hydrogen-bond acceptors (Lipinski definition) is 7. The number of carbonyl (C=O) groups excluding carboxylic acids is 1. The maximum Gasteiger partial charge on any atom is 0.256 e. The Bertz CT molecular complexity index is 1300. The molecule has 1 aromatic carbocycles. The van der Waals surface area contributed by atoms with E-state index in [1.165, 1.54) is 0 Å². The van der Waals surface area contributed by atoms with Crippen LogP contribution in [0.4, 0.5) is 11.6 Å². The molecule has 0 bridgehead atoms. The van der Waals surface area contributed by atoms with E-state index >= 15 is 0 Å². The second kappa shape index (κ2) is 8.87. The Morgan fingerprint density at radius 1 is 1.21 bits per heavy atom. The highest BCUT2D eigenvalue weighted by Crippen LogP contribution is 2.38. The number of piperidine rings is 1. The van der Waals surface area contributed by atoms with Gasteiger partial charge in [0.15, 0.2) is 0 Å². The first-order valence-electron chi connectivity index (χ1n) is 10.9. The Morgan fingerprint density at radius 3 is 2.88 bits per heavy atom. The van der Waals surface area contributed by atoms with E-state index in [1.807, 2.05) is 22.9 Å². The molecule has 0 saturated carbocycles. The number of fused-ring (bicyclic) bond motifs is 1. The number of nitrogens with one attached hydrogen (secondary N) is 2. The Hall–Kier alpha value is -3.98. The summed E-state index contributed by atoms with van der Waals surface area (Å²) in [7, 11) is 1.57. The summed E-state index contributed by atoms with van der Waals surface area (Å²) in [5.41, 5.74) is 9.13. The van der Waals surface area contributed by atoms with Gasteiger partial charge in [0.2, 0.25) is 0 Å². The van der Waals surface area contributed by atoms with E-state index in [0.29, 0.717) is 28.6 Å². The summed E-state index contributed by atoms with van der Waals surface area (Å²) in [5, 5.41) is 12.0. The Kier molecular flexibility index (Phi) is 5.62. The van der Waals surface area contributed by atoms with Crippen molar-refractivity contribution in [2.24, 2.45) is 0 Å². The molecule has 5 rings (SSSR count). The van der Waals surface area contributed by atoms with Crippen molar-refractivity contribution in [3.63, 3.8) is 0 Å². The van der Waals surface area contributed by atoms with Crippen molar-refractivity contribution in [2.75, 3.05) is 31.2 Å². The Morgan fingerprint density at radius 2 is 2.12 bits per heavy atom. The first kappa shape index (κ1) is 20.9. The number of rotatable bonds is 5. The highest BCUT2D eigenvalue weighted by atomic mass is 16.5. The van der Waals surface area contributed by atoms with Crippen LogP contribution in [0.2, 0.25) is 0 Å². The third kappa shape index (κ3) is 3.98. The molecule has 0 aliphatic carbocycles. The molecule has 0 radical (unpaired) electrons. The summed E-state index contributed by atoms with van der Waals surface area (Å²) in [6, 6.07) is 12.8. The average Bonchev–Trinajstić information content (AvgIpc) is 3.25. The van der Waals surface area contributed by atoms with Gasteiger partial charge in [0.25, 0.3) is 5.91 Å². The van der Waals surface area contributed by atoms with E-state index in [-0.39, 0.29) is 11.9 Å². The number of nitrogens with zero attached hydrogens (tertiary/aromatic N) is 4. The molecule has 1 amide bonds. The third-order valence-corrected chi connectivity index (χ3v) is 5.89. The van der Waals surface area contributed by atoms with Gasteiger partial charge in [-0.3, -0.25) is 9.48 Å². The molecule has 1 aliphatic heterocycles. The van der Waals surface area contributed by atoms with E-state index in [2.05, 4.69) is 20.6 Å². The lowest BCUT2D eigenvalue weighted by Gasteiger charge is -2.23. The predicted octanol–water partition coefficient (Wildman–Crippen LogP) is 3.26. The van der Waals surface area contributed by atoms with Crippen molar-refractivity contribution < 1.29 is 9.53 Å². The normalized spacial score (nSPS) is 16.0. The summed E-state index contributed by atoms with van der Waals surface area (Å²) in [5.74, 6) is 1.15. The van der Waals surface area contributed by atoms with Gasteiger partial charge in [0, 0.05) is 30.1 Å². The lowest BCUT2D eigenvalue weighted by Crippen LogP contribution is -2.32. The maximum atomic E-state index is 12.7. The minimum atomic E-state index is -0.275. The fourth-order valence-electron chi connectivity index (χ4n) is 4.27. The second-order valence-corrected chi connectivity index (χ2v) is 7.97. The lowest BCUT2D eigenvalue weighted by atomic mass is 10.0. The monoisotopic (exact) mass is 443 g/mol. The summed E-state index contributed by atoms with van der Waals surface area (Å²) < 4.78 is 7.70. The number of methoxy groups -OCH3 is 1. The van der Waals surface area contributed by atoms with Crippen LogP contribution in [-0.2, 0) is 0 Å². The van der Waals surface area contributed by atoms with Gasteiger partial charge in [-0.05, 0) is 55.8 Å². The van der Waals surface area contributed by atoms with Crippen LogP contribution in [0.15, 0.2) is 54.9 Å². The van der Waals surface area contributed by atoms with E-state index in [0.717, 1.165) is 42.4 Å². The van der Waals surface area contributed by atoms with Crippen LogP contribution in [0.1, 0.15) is 29.2 Å². The van der Waals surface area contributed by atoms with Gasteiger partial charge >= 0.3 is 0 Å². The smallest absolute Gasteiger partial charge is 0.256 e. The van der Waals surface area contributed by atoms with Crippen LogP contribution in [0.5, 0.6) is 5.75 Å². The largest absolute Gasteiger partial charge is 0.496 e. The standard InChI is InChI=1S/C24H25N7O2/c1-33-19-13-15(24(32)29-20-6-2-3-11-27-20)7-8-17(19)22-21-18(9-12-28-23(21)25)31(30-22)16-5-4-10-26-14-16/h2-3,6-9,11-13,16,26H,4-5,10,14H2,1H3,(H2,25,28)(H,27,29,32)/t16-/m1/s1. The van der Waals surface area contributed by atoms with Crippen molar-refractivity contribution >= 4 is 28.4 Å². The fourth-order valence-corrected chi connectivity index (χ4v) is 4.27. The zero-order valence-corrected chi connectivity index (χ0v) is 18.3. The molecule has 33 heavy (non-hydrogen) atoms.